The van der Waals surface area contributed by atoms with Crippen LogP contribution in [0.15, 0.2) is 81.2 Å². The fraction of sp³-hybridized carbons (Fsp3) is 0.212. The van der Waals surface area contributed by atoms with Gasteiger partial charge in [0.1, 0.15) is 11.9 Å². The number of hydrogen-bond acceptors (Lipinski definition) is 9. The molecule has 0 spiro atoms. The van der Waals surface area contributed by atoms with E-state index in [0.717, 1.165) is 28.6 Å². The smallest absolute Gasteiger partial charge is 0.287 e. The Balaban J connectivity index is 1.61. The summed E-state index contributed by atoms with van der Waals surface area (Å²) in [5.74, 6) is 2.20. The van der Waals surface area contributed by atoms with E-state index in [9.17, 15) is 14.9 Å². The summed E-state index contributed by atoms with van der Waals surface area (Å²) >= 11 is 3.57. The Morgan fingerprint density at radius 1 is 1.09 bits per heavy atom. The number of fused-ring (bicyclic) bond motifs is 1. The van der Waals surface area contributed by atoms with Crippen LogP contribution in [0.4, 0.5) is 5.69 Å². The topological polar surface area (TPSA) is 131 Å². The zero-order valence-corrected chi connectivity index (χ0v) is 26.9. The number of nitrogens with zero attached hydrogens (tertiary/aromatic N) is 5. The van der Waals surface area contributed by atoms with Crippen molar-refractivity contribution in [3.63, 3.8) is 0 Å². The van der Waals surface area contributed by atoms with Gasteiger partial charge in [-0.1, -0.05) is 26.0 Å². The molecular weight excluding hydrogens is 642 g/mol. The van der Waals surface area contributed by atoms with Gasteiger partial charge >= 0.3 is 0 Å². The molecule has 45 heavy (non-hydrogen) atoms. The third-order valence-electron chi connectivity index (χ3n) is 7.01. The van der Waals surface area contributed by atoms with E-state index in [1.165, 1.54) is 16.8 Å². The first-order valence-corrected chi connectivity index (χ1v) is 14.9. The summed E-state index contributed by atoms with van der Waals surface area (Å²) in [4.78, 5) is 33.2. The summed E-state index contributed by atoms with van der Waals surface area (Å²) in [7, 11) is 1.64. The van der Waals surface area contributed by atoms with Gasteiger partial charge in [0, 0.05) is 27.7 Å². The lowest BCUT2D eigenvalue weighted by atomic mass is 9.96. The molecule has 2 heterocycles. The highest BCUT2D eigenvalue weighted by atomic mass is 79.9. The number of benzene rings is 3. The van der Waals surface area contributed by atoms with Crippen molar-refractivity contribution in [2.24, 2.45) is 5.10 Å². The van der Waals surface area contributed by atoms with Crippen molar-refractivity contribution < 1.29 is 19.1 Å². The van der Waals surface area contributed by atoms with Gasteiger partial charge in [0.05, 0.1) is 35.8 Å². The van der Waals surface area contributed by atoms with Crippen molar-refractivity contribution in [2.45, 2.75) is 33.6 Å². The maximum Gasteiger partial charge on any atom is 0.287 e. The van der Waals surface area contributed by atoms with Crippen LogP contribution in [0.25, 0.3) is 22.3 Å². The van der Waals surface area contributed by atoms with Crippen LogP contribution >= 0.6 is 15.9 Å². The predicted octanol–water partition coefficient (Wildman–Crippen LogP) is 7.64. The molecule has 0 saturated heterocycles. The van der Waals surface area contributed by atoms with E-state index in [-0.39, 0.29) is 23.0 Å². The number of ether oxygens (including phenoxy) is 3. The molecule has 0 radical (unpaired) electrons. The third kappa shape index (κ3) is 6.55. The van der Waals surface area contributed by atoms with Gasteiger partial charge in [0.15, 0.2) is 17.3 Å². The zero-order chi connectivity index (χ0) is 32.2. The molecule has 0 aliphatic heterocycles. The van der Waals surface area contributed by atoms with Crippen LogP contribution in [-0.2, 0) is 0 Å². The molecule has 0 unspecified atom stereocenters. The predicted molar refractivity (Wildman–Crippen MR) is 176 cm³/mol. The second-order valence-electron chi connectivity index (χ2n) is 10.3. The minimum absolute atomic E-state index is 0.150. The van der Waals surface area contributed by atoms with E-state index in [1.807, 2.05) is 32.0 Å². The molecule has 0 N–H and O–H groups in total. The molecule has 0 fully saturated rings. The van der Waals surface area contributed by atoms with Crippen LogP contribution < -0.4 is 19.8 Å². The number of aryl methyl sites for hydroxylation is 1. The van der Waals surface area contributed by atoms with Crippen molar-refractivity contribution in [1.82, 2.24) is 14.6 Å². The molecule has 3 aromatic carbocycles. The molecule has 5 aromatic rings. The van der Waals surface area contributed by atoms with Gasteiger partial charge in [-0.15, -0.1) is 0 Å². The van der Waals surface area contributed by atoms with Crippen molar-refractivity contribution in [1.29, 1.82) is 0 Å². The number of halogens is 1. The largest absolute Gasteiger partial charge is 0.496 e. The number of aromatic nitrogens is 3. The fourth-order valence-corrected chi connectivity index (χ4v) is 5.17. The Morgan fingerprint density at radius 3 is 2.53 bits per heavy atom. The van der Waals surface area contributed by atoms with E-state index in [1.54, 1.807) is 43.7 Å². The highest BCUT2D eigenvalue weighted by molar-refractivity contribution is 9.10. The number of hydrogen-bond donors (Lipinski definition) is 0. The molecule has 11 nitrogen and oxygen atoms in total. The highest BCUT2D eigenvalue weighted by Crippen LogP contribution is 2.37. The molecular formula is C33H30BrN5O6. The maximum absolute atomic E-state index is 13.9. The summed E-state index contributed by atoms with van der Waals surface area (Å²) in [6.07, 6.45) is 2.66. The van der Waals surface area contributed by atoms with Crippen LogP contribution in [0.3, 0.4) is 0 Å². The first-order chi connectivity index (χ1) is 21.6. The van der Waals surface area contributed by atoms with Crippen molar-refractivity contribution in [2.75, 3.05) is 13.7 Å². The summed E-state index contributed by atoms with van der Waals surface area (Å²) in [6.45, 7) is 8.28. The van der Waals surface area contributed by atoms with Crippen LogP contribution in [0.2, 0.25) is 0 Å². The quantitative estimate of drug-likeness (QED) is 0.0841. The maximum atomic E-state index is 13.9. The van der Waals surface area contributed by atoms with Gasteiger partial charge in [0.2, 0.25) is 5.88 Å². The molecule has 5 rings (SSSR count). The minimum Gasteiger partial charge on any atom is -0.496 e. The Labute approximate surface area is 267 Å². The minimum atomic E-state index is -0.534. The lowest BCUT2D eigenvalue weighted by Gasteiger charge is -2.17. The lowest BCUT2D eigenvalue weighted by molar-refractivity contribution is -0.385. The molecule has 0 amide bonds. The average molecular weight is 673 g/mol. The number of rotatable bonds is 10. The summed E-state index contributed by atoms with van der Waals surface area (Å²) in [6, 6.07) is 17.2. The molecule has 230 valence electrons. The summed E-state index contributed by atoms with van der Waals surface area (Å²) < 4.78 is 19.3. The second kappa shape index (κ2) is 13.3. The van der Waals surface area contributed by atoms with Crippen molar-refractivity contribution in [3.05, 3.63) is 108 Å². The number of pyridine rings is 1. The molecule has 0 aliphatic carbocycles. The second-order valence-corrected chi connectivity index (χ2v) is 11.2. The third-order valence-corrected chi connectivity index (χ3v) is 7.70. The van der Waals surface area contributed by atoms with E-state index < -0.39 is 4.92 Å². The highest BCUT2D eigenvalue weighted by Gasteiger charge is 2.19. The van der Waals surface area contributed by atoms with E-state index in [2.05, 4.69) is 39.9 Å². The van der Waals surface area contributed by atoms with Gasteiger partial charge in [-0.25, -0.2) is 9.97 Å². The number of methoxy groups -OCH3 is 1. The van der Waals surface area contributed by atoms with Crippen LogP contribution in [0.5, 0.6) is 23.1 Å². The Bertz CT molecular complexity index is 1990. The van der Waals surface area contributed by atoms with Gasteiger partial charge in [-0.05, 0) is 83.2 Å². The Kier molecular flexibility index (Phi) is 9.24. The van der Waals surface area contributed by atoms with Crippen LogP contribution in [0, 0.1) is 17.0 Å². The number of nitro groups is 1. The van der Waals surface area contributed by atoms with Gasteiger partial charge in [-0.3, -0.25) is 14.9 Å². The van der Waals surface area contributed by atoms with Crippen LogP contribution in [-0.4, -0.2) is 39.5 Å². The normalized spacial score (nSPS) is 11.4. The first-order valence-electron chi connectivity index (χ1n) is 14.1. The molecule has 0 bridgehead atoms. The van der Waals surface area contributed by atoms with Crippen LogP contribution in [0.1, 0.15) is 43.4 Å². The zero-order valence-electron chi connectivity index (χ0n) is 25.3. The van der Waals surface area contributed by atoms with Crippen molar-refractivity contribution >= 4 is 38.7 Å². The SMILES string of the molecule is CCOc1cc(C=Nn2c(-c3cc(C(C)C)c(OC)cc3C)nc3ccccc3c2=O)c(Br)cc1Oc1ccc([N+](=O)[O-])cn1. The lowest BCUT2D eigenvalue weighted by Crippen LogP contribution is -2.21. The Morgan fingerprint density at radius 2 is 1.87 bits per heavy atom. The molecule has 0 saturated carbocycles. The first kappa shape index (κ1) is 31.3. The fourth-order valence-electron chi connectivity index (χ4n) is 4.74. The standard InChI is InChI=1S/C33H30BrN5O6/c1-6-44-29-14-21(26(34)16-30(29)45-31-12-11-22(18-35-31)39(41)42)17-36-38-32(37-27-10-8-7-9-23(27)33(38)40)25-15-24(19(2)3)28(43-5)13-20(25)4/h7-19H,6H2,1-5H3. The van der Waals surface area contributed by atoms with Crippen molar-refractivity contribution in [3.8, 4) is 34.5 Å². The molecule has 0 aliphatic rings. The molecule has 2 aromatic heterocycles. The molecule has 12 heteroatoms. The Hall–Kier alpha value is -5.10. The molecule has 0 atom stereocenters. The van der Waals surface area contributed by atoms with Gasteiger partial charge in [-0.2, -0.15) is 9.78 Å². The monoisotopic (exact) mass is 671 g/mol. The number of para-hydroxylation sites is 1. The van der Waals surface area contributed by atoms with Gasteiger partial charge < -0.3 is 14.2 Å². The van der Waals surface area contributed by atoms with E-state index in [0.29, 0.717) is 44.9 Å². The van der Waals surface area contributed by atoms with Gasteiger partial charge in [0.25, 0.3) is 11.2 Å². The summed E-state index contributed by atoms with van der Waals surface area (Å²) in [5.41, 5.74) is 3.31. The average Bonchev–Trinajstić information content (AvgIpc) is 3.02. The summed E-state index contributed by atoms with van der Waals surface area (Å²) in [5, 5.41) is 16.1. The van der Waals surface area contributed by atoms with E-state index >= 15 is 0 Å². The van der Waals surface area contributed by atoms with E-state index in [4.69, 9.17) is 19.2 Å².